The van der Waals surface area contributed by atoms with Gasteiger partial charge in [-0.3, -0.25) is 0 Å². The third-order valence-corrected chi connectivity index (χ3v) is 3.84. The van der Waals surface area contributed by atoms with E-state index in [2.05, 4.69) is 17.0 Å². The van der Waals surface area contributed by atoms with Crippen molar-refractivity contribution in [1.82, 2.24) is 0 Å². The van der Waals surface area contributed by atoms with Gasteiger partial charge >= 0.3 is 0 Å². The molecule has 1 atom stereocenters. The van der Waals surface area contributed by atoms with Crippen LogP contribution in [0.4, 0.5) is 5.69 Å². The zero-order chi connectivity index (χ0) is 14.5. The van der Waals surface area contributed by atoms with Crippen LogP contribution in [0.3, 0.4) is 0 Å². The van der Waals surface area contributed by atoms with Crippen LogP contribution in [0.2, 0.25) is 5.02 Å². The summed E-state index contributed by atoms with van der Waals surface area (Å²) in [6.45, 7) is 4.68. The van der Waals surface area contributed by atoms with Crippen LogP contribution in [-0.4, -0.2) is 36.8 Å². The van der Waals surface area contributed by atoms with E-state index in [-0.39, 0.29) is 11.9 Å². The molecule has 110 valence electrons. The van der Waals surface area contributed by atoms with E-state index in [0.29, 0.717) is 10.6 Å². The van der Waals surface area contributed by atoms with Crippen molar-refractivity contribution in [2.24, 2.45) is 10.9 Å². The molecular weight excluding hydrogens is 278 g/mol. The predicted molar refractivity (Wildman–Crippen MR) is 80.8 cm³/mol. The molecule has 6 heteroatoms. The van der Waals surface area contributed by atoms with Gasteiger partial charge in [0, 0.05) is 30.9 Å². The van der Waals surface area contributed by atoms with Gasteiger partial charge in [-0.25, -0.2) is 0 Å². The summed E-state index contributed by atoms with van der Waals surface area (Å²) in [5, 5.41) is 12.2. The summed E-state index contributed by atoms with van der Waals surface area (Å²) in [5.41, 5.74) is 7.12. The maximum absolute atomic E-state index is 8.70. The molecule has 1 aromatic rings. The maximum Gasteiger partial charge on any atom is 0.171 e. The predicted octanol–water partition coefficient (Wildman–Crippen LogP) is 2.44. The molecule has 0 radical (unpaired) electrons. The third-order valence-electron chi connectivity index (χ3n) is 3.53. The summed E-state index contributed by atoms with van der Waals surface area (Å²) >= 11 is 6.19. The van der Waals surface area contributed by atoms with Crippen molar-refractivity contribution in [1.29, 1.82) is 0 Å². The van der Waals surface area contributed by atoms with E-state index in [9.17, 15) is 0 Å². The van der Waals surface area contributed by atoms with Crippen LogP contribution >= 0.6 is 11.6 Å². The number of rotatable bonds is 5. The topological polar surface area (TPSA) is 71.1 Å². The van der Waals surface area contributed by atoms with Crippen molar-refractivity contribution in [3.63, 3.8) is 0 Å². The average molecular weight is 298 g/mol. The Bertz CT molecular complexity index is 487. The lowest BCUT2D eigenvalue weighted by Crippen LogP contribution is -2.32. The van der Waals surface area contributed by atoms with Gasteiger partial charge in [0.15, 0.2) is 5.84 Å². The van der Waals surface area contributed by atoms with Crippen LogP contribution in [0, 0.1) is 0 Å². The van der Waals surface area contributed by atoms with Crippen molar-refractivity contribution in [3.8, 4) is 0 Å². The van der Waals surface area contributed by atoms with Crippen LogP contribution in [0.1, 0.15) is 25.3 Å². The quantitative estimate of drug-likeness (QED) is 0.379. The number of hydrogen-bond acceptors (Lipinski definition) is 4. The molecule has 0 spiro atoms. The monoisotopic (exact) mass is 297 g/mol. The minimum atomic E-state index is 0.0173. The normalized spacial score (nSPS) is 19.3. The third kappa shape index (κ3) is 3.35. The summed E-state index contributed by atoms with van der Waals surface area (Å²) in [6.07, 6.45) is 2.52. The SMILES string of the molecule is CCN(CC1CCCO1)c1ccc(C(N)=NO)c(Cl)c1. The highest BCUT2D eigenvalue weighted by Crippen LogP contribution is 2.25. The van der Waals surface area contributed by atoms with Crippen molar-refractivity contribution >= 4 is 23.1 Å². The maximum atomic E-state index is 8.70. The highest BCUT2D eigenvalue weighted by Gasteiger charge is 2.19. The molecule has 1 aliphatic rings. The largest absolute Gasteiger partial charge is 0.409 e. The fourth-order valence-corrected chi connectivity index (χ4v) is 2.69. The van der Waals surface area contributed by atoms with Gasteiger partial charge < -0.3 is 20.6 Å². The molecule has 1 heterocycles. The Kier molecular flexibility index (Phi) is 5.09. The molecule has 0 amide bonds. The molecule has 1 aromatic carbocycles. The van der Waals surface area contributed by atoms with Gasteiger partial charge in [0.2, 0.25) is 0 Å². The summed E-state index contributed by atoms with van der Waals surface area (Å²) in [4.78, 5) is 2.22. The summed E-state index contributed by atoms with van der Waals surface area (Å²) in [5.74, 6) is 0.0173. The standard InChI is InChI=1S/C14H20ClN3O2/c1-2-18(9-11-4-3-7-20-11)10-5-6-12(13(15)8-10)14(16)17-19/h5-6,8,11,19H,2-4,7,9H2,1H3,(H2,16,17). The molecule has 5 nitrogen and oxygen atoms in total. The van der Waals surface area contributed by atoms with Gasteiger partial charge in [0.25, 0.3) is 0 Å². The minimum absolute atomic E-state index is 0.0173. The van der Waals surface area contributed by atoms with E-state index in [1.54, 1.807) is 6.07 Å². The van der Waals surface area contributed by atoms with Crippen LogP contribution in [0.5, 0.6) is 0 Å². The molecule has 1 fully saturated rings. The molecule has 0 saturated carbocycles. The second-order valence-corrected chi connectivity index (χ2v) is 5.23. The number of benzene rings is 1. The number of hydrogen-bond donors (Lipinski definition) is 2. The molecule has 3 N–H and O–H groups in total. The first-order valence-electron chi connectivity index (χ1n) is 6.79. The lowest BCUT2D eigenvalue weighted by Gasteiger charge is -2.26. The molecule has 0 bridgehead atoms. The van der Waals surface area contributed by atoms with E-state index >= 15 is 0 Å². The number of likely N-dealkylation sites (N-methyl/N-ethyl adjacent to an activating group) is 1. The molecule has 1 unspecified atom stereocenters. The van der Waals surface area contributed by atoms with Crippen LogP contribution < -0.4 is 10.6 Å². The molecule has 2 rings (SSSR count). The summed E-state index contributed by atoms with van der Waals surface area (Å²) < 4.78 is 5.67. The first-order chi connectivity index (χ1) is 9.65. The van der Waals surface area contributed by atoms with Crippen LogP contribution in [-0.2, 0) is 4.74 Å². The molecule has 0 aromatic heterocycles. The smallest absolute Gasteiger partial charge is 0.171 e. The van der Waals surface area contributed by atoms with E-state index in [1.165, 1.54) is 0 Å². The Hall–Kier alpha value is -1.46. The number of nitrogens with zero attached hydrogens (tertiary/aromatic N) is 2. The van der Waals surface area contributed by atoms with Crippen molar-refractivity contribution in [2.75, 3.05) is 24.6 Å². The summed E-state index contributed by atoms with van der Waals surface area (Å²) in [6, 6.07) is 5.54. The van der Waals surface area contributed by atoms with Gasteiger partial charge in [0.05, 0.1) is 11.1 Å². The zero-order valence-electron chi connectivity index (χ0n) is 11.6. The Labute approximate surface area is 124 Å². The number of ether oxygens (including phenoxy) is 1. The first-order valence-corrected chi connectivity index (χ1v) is 7.17. The Balaban J connectivity index is 2.15. The molecule has 0 aliphatic carbocycles. The van der Waals surface area contributed by atoms with Gasteiger partial charge in [-0.15, -0.1) is 0 Å². The lowest BCUT2D eigenvalue weighted by atomic mass is 10.1. The van der Waals surface area contributed by atoms with Crippen LogP contribution in [0.25, 0.3) is 0 Å². The zero-order valence-corrected chi connectivity index (χ0v) is 12.3. The number of halogens is 1. The second-order valence-electron chi connectivity index (χ2n) is 4.82. The van der Waals surface area contributed by atoms with Gasteiger partial charge in [-0.05, 0) is 38.0 Å². The average Bonchev–Trinajstić information content (AvgIpc) is 2.96. The Morgan fingerprint density at radius 1 is 1.60 bits per heavy atom. The van der Waals surface area contributed by atoms with E-state index in [1.807, 2.05) is 12.1 Å². The highest BCUT2D eigenvalue weighted by atomic mass is 35.5. The van der Waals surface area contributed by atoms with Gasteiger partial charge in [0.1, 0.15) is 0 Å². The van der Waals surface area contributed by atoms with Crippen molar-refractivity contribution in [3.05, 3.63) is 28.8 Å². The van der Waals surface area contributed by atoms with Crippen LogP contribution in [0.15, 0.2) is 23.4 Å². The van der Waals surface area contributed by atoms with E-state index in [4.69, 9.17) is 27.3 Å². The fraction of sp³-hybridized carbons (Fsp3) is 0.500. The van der Waals surface area contributed by atoms with E-state index in [0.717, 1.165) is 38.2 Å². The summed E-state index contributed by atoms with van der Waals surface area (Å²) in [7, 11) is 0. The van der Waals surface area contributed by atoms with Gasteiger partial charge in [-0.2, -0.15) is 0 Å². The molecular formula is C14H20ClN3O2. The molecule has 1 saturated heterocycles. The first kappa shape index (κ1) is 14.9. The number of anilines is 1. The molecule has 20 heavy (non-hydrogen) atoms. The Morgan fingerprint density at radius 2 is 2.40 bits per heavy atom. The Morgan fingerprint density at radius 3 is 2.95 bits per heavy atom. The molecule has 1 aliphatic heterocycles. The van der Waals surface area contributed by atoms with Crippen molar-refractivity contribution in [2.45, 2.75) is 25.9 Å². The lowest BCUT2D eigenvalue weighted by molar-refractivity contribution is 0.115. The minimum Gasteiger partial charge on any atom is -0.409 e. The van der Waals surface area contributed by atoms with Crippen molar-refractivity contribution < 1.29 is 9.94 Å². The second kappa shape index (κ2) is 6.81. The number of amidine groups is 1. The highest BCUT2D eigenvalue weighted by molar-refractivity contribution is 6.34. The number of oxime groups is 1. The van der Waals surface area contributed by atoms with E-state index < -0.39 is 0 Å². The fourth-order valence-electron chi connectivity index (χ4n) is 2.41. The number of nitrogens with two attached hydrogens (primary N) is 1. The van der Waals surface area contributed by atoms with Gasteiger partial charge in [-0.1, -0.05) is 16.8 Å².